The lowest BCUT2D eigenvalue weighted by Crippen LogP contribution is -2.31. The molecule has 1 aromatic heterocycles. The minimum absolute atomic E-state index is 0.0979. The summed E-state index contributed by atoms with van der Waals surface area (Å²) in [6.07, 6.45) is 4.32. The van der Waals surface area contributed by atoms with Gasteiger partial charge in [-0.15, -0.1) is 10.2 Å². The predicted octanol–water partition coefficient (Wildman–Crippen LogP) is 4.96. The molecule has 7 nitrogen and oxygen atoms in total. The molecule has 2 aromatic carbocycles. The van der Waals surface area contributed by atoms with E-state index in [-0.39, 0.29) is 30.7 Å². The Morgan fingerprint density at radius 2 is 1.62 bits per heavy atom. The molecule has 34 heavy (non-hydrogen) atoms. The maximum Gasteiger partial charge on any atom is 0.261 e. The van der Waals surface area contributed by atoms with E-state index in [1.807, 2.05) is 4.57 Å². The first-order valence-corrected chi connectivity index (χ1v) is 12.5. The van der Waals surface area contributed by atoms with Crippen molar-refractivity contribution in [3.05, 3.63) is 71.3 Å². The molecule has 0 spiro atoms. The van der Waals surface area contributed by atoms with Gasteiger partial charge in [0.1, 0.15) is 6.61 Å². The number of hydrogen-bond acceptors (Lipinski definition) is 6. The normalized spacial score (nSPS) is 12.9. The van der Waals surface area contributed by atoms with Gasteiger partial charge in [-0.25, -0.2) is 4.39 Å². The second-order valence-corrected chi connectivity index (χ2v) is 9.05. The molecule has 0 radical (unpaired) electrons. The van der Waals surface area contributed by atoms with Crippen LogP contribution in [0.1, 0.15) is 59.1 Å². The molecule has 1 aliphatic heterocycles. The van der Waals surface area contributed by atoms with E-state index in [2.05, 4.69) is 17.1 Å². The van der Waals surface area contributed by atoms with Crippen molar-refractivity contribution in [2.24, 2.45) is 0 Å². The summed E-state index contributed by atoms with van der Waals surface area (Å²) in [5.74, 6) is 0.326. The predicted molar refractivity (Wildman–Crippen MR) is 127 cm³/mol. The lowest BCUT2D eigenvalue weighted by atomic mass is 10.1. The van der Waals surface area contributed by atoms with E-state index < -0.39 is 5.82 Å². The molecule has 0 aliphatic carbocycles. The van der Waals surface area contributed by atoms with Gasteiger partial charge < -0.3 is 9.30 Å². The van der Waals surface area contributed by atoms with Crippen molar-refractivity contribution >= 4 is 23.6 Å². The van der Waals surface area contributed by atoms with E-state index in [0.29, 0.717) is 27.9 Å². The Balaban J connectivity index is 1.40. The number of hydrogen-bond donors (Lipinski definition) is 0. The number of halogens is 1. The first kappa shape index (κ1) is 23.9. The summed E-state index contributed by atoms with van der Waals surface area (Å²) in [4.78, 5) is 26.5. The highest BCUT2D eigenvalue weighted by Crippen LogP contribution is 2.25. The highest BCUT2D eigenvalue weighted by molar-refractivity contribution is 7.99. The maximum absolute atomic E-state index is 13.9. The van der Waals surface area contributed by atoms with Gasteiger partial charge in [0.2, 0.25) is 0 Å². The summed E-state index contributed by atoms with van der Waals surface area (Å²) in [5.41, 5.74) is 0.897. The number of amides is 2. The molecule has 4 rings (SSSR count). The number of nitrogens with zero attached hydrogens (tertiary/aromatic N) is 4. The van der Waals surface area contributed by atoms with Crippen molar-refractivity contribution in [1.29, 1.82) is 0 Å². The molecule has 0 unspecified atom stereocenters. The fraction of sp³-hybridized carbons (Fsp3) is 0.360. The first-order valence-electron chi connectivity index (χ1n) is 11.5. The summed E-state index contributed by atoms with van der Waals surface area (Å²) in [6.45, 7) is 3.26. The Morgan fingerprint density at radius 3 is 2.32 bits per heavy atom. The van der Waals surface area contributed by atoms with Crippen LogP contribution in [0, 0.1) is 5.82 Å². The first-order chi connectivity index (χ1) is 16.6. The van der Waals surface area contributed by atoms with Gasteiger partial charge in [-0.1, -0.05) is 62.2 Å². The molecule has 0 fully saturated rings. The third kappa shape index (κ3) is 5.30. The molecule has 2 heterocycles. The standard InChI is InChI=1S/C25H27FN4O3S/c1-2-3-4-9-14-29-22(17-33-21-13-8-7-12-20(21)26)27-28-25(29)34-16-15-30-23(31)18-10-5-6-11-19(18)24(30)32/h5-8,10-13H,2-4,9,14-17H2,1H3. The number of rotatable bonds is 12. The Hall–Kier alpha value is -3.20. The average Bonchev–Trinajstić information content (AvgIpc) is 3.35. The molecule has 0 atom stereocenters. The molecule has 0 saturated carbocycles. The Morgan fingerprint density at radius 1 is 0.912 bits per heavy atom. The van der Waals surface area contributed by atoms with Gasteiger partial charge >= 0.3 is 0 Å². The smallest absolute Gasteiger partial charge is 0.261 e. The van der Waals surface area contributed by atoms with Crippen molar-refractivity contribution in [2.45, 2.75) is 50.9 Å². The third-order valence-electron chi connectivity index (χ3n) is 5.65. The van der Waals surface area contributed by atoms with E-state index in [4.69, 9.17) is 4.74 Å². The van der Waals surface area contributed by atoms with Crippen molar-refractivity contribution in [3.8, 4) is 5.75 Å². The van der Waals surface area contributed by atoms with E-state index in [1.165, 1.54) is 22.7 Å². The number of thioether (sulfide) groups is 1. The topological polar surface area (TPSA) is 77.3 Å². The minimum Gasteiger partial charge on any atom is -0.483 e. The molecule has 9 heteroatoms. The van der Waals surface area contributed by atoms with Crippen molar-refractivity contribution in [3.63, 3.8) is 0 Å². The van der Waals surface area contributed by atoms with Gasteiger partial charge in [-0.3, -0.25) is 14.5 Å². The van der Waals surface area contributed by atoms with E-state index in [0.717, 1.165) is 32.2 Å². The molecular formula is C25H27FN4O3S. The number of imide groups is 1. The van der Waals surface area contributed by atoms with E-state index >= 15 is 0 Å². The summed E-state index contributed by atoms with van der Waals surface area (Å²) in [7, 11) is 0. The lowest BCUT2D eigenvalue weighted by Gasteiger charge is -2.14. The Labute approximate surface area is 202 Å². The molecule has 3 aromatic rings. The summed E-state index contributed by atoms with van der Waals surface area (Å²) in [5, 5.41) is 9.27. The van der Waals surface area contributed by atoms with Crippen LogP contribution in [0.3, 0.4) is 0 Å². The van der Waals surface area contributed by atoms with Gasteiger partial charge in [0.15, 0.2) is 22.5 Å². The third-order valence-corrected chi connectivity index (χ3v) is 6.59. The second-order valence-electron chi connectivity index (χ2n) is 7.99. The van der Waals surface area contributed by atoms with E-state index in [1.54, 1.807) is 42.5 Å². The molecule has 1 aliphatic rings. The number of aromatic nitrogens is 3. The number of carbonyl (C=O) groups is 2. The van der Waals surface area contributed by atoms with Crippen molar-refractivity contribution < 1.29 is 18.7 Å². The summed E-state index contributed by atoms with van der Waals surface area (Å²) >= 11 is 1.44. The van der Waals surface area contributed by atoms with E-state index in [9.17, 15) is 14.0 Å². The summed E-state index contributed by atoms with van der Waals surface area (Å²) in [6, 6.07) is 13.1. The van der Waals surface area contributed by atoms with Crippen LogP contribution in [0.25, 0.3) is 0 Å². The van der Waals surface area contributed by atoms with Gasteiger partial charge in [-0.05, 0) is 30.7 Å². The zero-order valence-corrected chi connectivity index (χ0v) is 19.9. The van der Waals surface area contributed by atoms with Gasteiger partial charge in [-0.2, -0.15) is 0 Å². The highest BCUT2D eigenvalue weighted by Gasteiger charge is 2.34. The van der Waals surface area contributed by atoms with Crippen LogP contribution in [0.2, 0.25) is 0 Å². The Bertz CT molecular complexity index is 1130. The number of carbonyl (C=O) groups excluding carboxylic acids is 2. The van der Waals surface area contributed by atoms with Gasteiger partial charge in [0.05, 0.1) is 11.1 Å². The zero-order valence-electron chi connectivity index (χ0n) is 19.1. The fourth-order valence-corrected chi connectivity index (χ4v) is 4.74. The fourth-order valence-electron chi connectivity index (χ4n) is 3.83. The van der Waals surface area contributed by atoms with Crippen LogP contribution in [-0.2, 0) is 13.2 Å². The number of unbranched alkanes of at least 4 members (excludes halogenated alkanes) is 3. The average molecular weight is 483 g/mol. The minimum atomic E-state index is -0.424. The zero-order chi connectivity index (χ0) is 23.9. The molecular weight excluding hydrogens is 455 g/mol. The lowest BCUT2D eigenvalue weighted by molar-refractivity contribution is 0.0664. The largest absolute Gasteiger partial charge is 0.483 e. The quantitative estimate of drug-likeness (QED) is 0.206. The Kier molecular flexibility index (Phi) is 7.95. The SMILES string of the molecule is CCCCCCn1c(COc2ccccc2F)nnc1SCCN1C(=O)c2ccccc2C1=O. The molecule has 0 bridgehead atoms. The van der Waals surface area contributed by atoms with Gasteiger partial charge in [0, 0.05) is 18.8 Å². The number of ether oxygens (including phenoxy) is 1. The highest BCUT2D eigenvalue weighted by atomic mass is 32.2. The van der Waals surface area contributed by atoms with Crippen molar-refractivity contribution in [2.75, 3.05) is 12.3 Å². The van der Waals surface area contributed by atoms with Crippen LogP contribution in [0.4, 0.5) is 4.39 Å². The number of fused-ring (bicyclic) bond motifs is 1. The van der Waals surface area contributed by atoms with Crippen LogP contribution < -0.4 is 4.74 Å². The number of benzene rings is 2. The molecule has 178 valence electrons. The van der Waals surface area contributed by atoms with Crippen LogP contribution in [-0.4, -0.2) is 43.8 Å². The number of para-hydroxylation sites is 1. The summed E-state index contributed by atoms with van der Waals surface area (Å²) < 4.78 is 21.6. The van der Waals surface area contributed by atoms with Crippen LogP contribution in [0.5, 0.6) is 5.75 Å². The van der Waals surface area contributed by atoms with Gasteiger partial charge in [0.25, 0.3) is 11.8 Å². The molecule has 0 N–H and O–H groups in total. The monoisotopic (exact) mass is 482 g/mol. The van der Waals surface area contributed by atoms with Crippen molar-refractivity contribution in [1.82, 2.24) is 19.7 Å². The second kappa shape index (κ2) is 11.3. The van der Waals surface area contributed by atoms with Crippen LogP contribution in [0.15, 0.2) is 53.7 Å². The maximum atomic E-state index is 13.9. The molecule has 0 saturated heterocycles. The van der Waals surface area contributed by atoms with Crippen LogP contribution >= 0.6 is 11.8 Å². The molecule has 2 amide bonds.